The summed E-state index contributed by atoms with van der Waals surface area (Å²) in [5.41, 5.74) is -0.567. The summed E-state index contributed by atoms with van der Waals surface area (Å²) in [4.78, 5) is 23.3. The molecule has 0 saturated carbocycles. The molecule has 0 aromatic rings. The lowest BCUT2D eigenvalue weighted by Gasteiger charge is -2.20. The summed E-state index contributed by atoms with van der Waals surface area (Å²) in [6, 6.07) is 0. The molecule has 0 amide bonds. The van der Waals surface area contributed by atoms with Crippen molar-refractivity contribution in [1.29, 1.82) is 0 Å². The molecule has 1 heterocycles. The summed E-state index contributed by atoms with van der Waals surface area (Å²) in [6.07, 6.45) is 0.153. The van der Waals surface area contributed by atoms with Gasteiger partial charge in [0.15, 0.2) is 5.78 Å². The molecule has 1 saturated heterocycles. The minimum atomic E-state index is -0.576. The van der Waals surface area contributed by atoms with Crippen molar-refractivity contribution in [2.45, 2.75) is 52.2 Å². The van der Waals surface area contributed by atoms with Crippen LogP contribution in [0.15, 0.2) is 0 Å². The molecule has 0 aromatic carbocycles. The van der Waals surface area contributed by atoms with Gasteiger partial charge in [0.1, 0.15) is 18.1 Å². The number of carbonyl (C=O) groups excluding carboxylic acids is 2. The van der Waals surface area contributed by atoms with E-state index in [4.69, 9.17) is 14.2 Å². The minimum absolute atomic E-state index is 0.237. The van der Waals surface area contributed by atoms with Crippen molar-refractivity contribution in [2.24, 2.45) is 5.92 Å². The zero-order chi connectivity index (χ0) is 14.5. The zero-order valence-corrected chi connectivity index (χ0v) is 12.2. The molecule has 1 aliphatic heterocycles. The molecular formula is C14H24O5. The van der Waals surface area contributed by atoms with Crippen molar-refractivity contribution in [3.05, 3.63) is 0 Å². The van der Waals surface area contributed by atoms with E-state index in [1.165, 1.54) is 0 Å². The molecule has 0 radical (unpaired) electrons. The van der Waals surface area contributed by atoms with Gasteiger partial charge < -0.3 is 14.2 Å². The van der Waals surface area contributed by atoms with E-state index in [-0.39, 0.29) is 12.2 Å². The van der Waals surface area contributed by atoms with Crippen LogP contribution in [0, 0.1) is 5.92 Å². The van der Waals surface area contributed by atoms with Gasteiger partial charge in [-0.25, -0.2) is 0 Å². The van der Waals surface area contributed by atoms with E-state index < -0.39 is 17.7 Å². The maximum absolute atomic E-state index is 11.8. The number of carbonyl (C=O) groups is 2. The first-order valence-electron chi connectivity index (χ1n) is 6.72. The molecule has 110 valence electrons. The molecule has 1 aliphatic rings. The SMILES string of the molecule is CC(OCC1CCOC1)C(=O)CC(=O)OC(C)(C)C. The summed E-state index contributed by atoms with van der Waals surface area (Å²) in [5.74, 6) is -0.387. The predicted octanol–water partition coefficient (Wildman–Crippen LogP) is 1.73. The van der Waals surface area contributed by atoms with Crippen LogP contribution in [0.4, 0.5) is 0 Å². The number of hydrogen-bond acceptors (Lipinski definition) is 5. The highest BCUT2D eigenvalue weighted by molar-refractivity contribution is 5.97. The van der Waals surface area contributed by atoms with Crippen molar-refractivity contribution < 1.29 is 23.8 Å². The highest BCUT2D eigenvalue weighted by Gasteiger charge is 2.24. The van der Waals surface area contributed by atoms with Crippen LogP contribution in [-0.4, -0.2) is 43.3 Å². The maximum Gasteiger partial charge on any atom is 0.313 e. The molecule has 0 aliphatic carbocycles. The number of esters is 1. The first kappa shape index (κ1) is 16.1. The molecule has 5 nitrogen and oxygen atoms in total. The second kappa shape index (κ2) is 7.01. The second-order valence-corrected chi connectivity index (χ2v) is 5.93. The van der Waals surface area contributed by atoms with Gasteiger partial charge in [0, 0.05) is 12.5 Å². The highest BCUT2D eigenvalue weighted by atomic mass is 16.6. The Morgan fingerprint density at radius 3 is 2.58 bits per heavy atom. The average molecular weight is 272 g/mol. The Hall–Kier alpha value is -0.940. The van der Waals surface area contributed by atoms with E-state index in [2.05, 4.69) is 0 Å². The Balaban J connectivity index is 2.25. The lowest BCUT2D eigenvalue weighted by molar-refractivity contribution is -0.157. The standard InChI is InChI=1S/C14H24O5/c1-10(18-9-11-5-6-17-8-11)12(15)7-13(16)19-14(2,3)4/h10-11H,5-9H2,1-4H3. The van der Waals surface area contributed by atoms with E-state index in [9.17, 15) is 9.59 Å². The molecule has 0 spiro atoms. The highest BCUT2D eigenvalue weighted by Crippen LogP contribution is 2.14. The van der Waals surface area contributed by atoms with Gasteiger partial charge in [-0.05, 0) is 34.1 Å². The number of rotatable bonds is 6. The summed E-state index contributed by atoms with van der Waals surface area (Å²) in [5, 5.41) is 0. The van der Waals surface area contributed by atoms with Gasteiger partial charge in [-0.1, -0.05) is 0 Å². The minimum Gasteiger partial charge on any atom is -0.460 e. The summed E-state index contributed by atoms with van der Waals surface area (Å²) in [7, 11) is 0. The fourth-order valence-electron chi connectivity index (χ4n) is 1.75. The largest absolute Gasteiger partial charge is 0.460 e. The van der Waals surface area contributed by atoms with Gasteiger partial charge >= 0.3 is 5.97 Å². The molecule has 1 fully saturated rings. The summed E-state index contributed by atoms with van der Waals surface area (Å²) >= 11 is 0. The fourth-order valence-corrected chi connectivity index (χ4v) is 1.75. The third-order valence-electron chi connectivity index (χ3n) is 2.80. The molecule has 2 unspecified atom stereocenters. The molecule has 5 heteroatoms. The fraction of sp³-hybridized carbons (Fsp3) is 0.857. The van der Waals surface area contributed by atoms with E-state index in [1.807, 2.05) is 0 Å². The van der Waals surface area contributed by atoms with E-state index >= 15 is 0 Å². The van der Waals surface area contributed by atoms with Crippen molar-refractivity contribution in [3.8, 4) is 0 Å². The third-order valence-corrected chi connectivity index (χ3v) is 2.80. The predicted molar refractivity (Wildman–Crippen MR) is 69.8 cm³/mol. The van der Waals surface area contributed by atoms with Gasteiger partial charge in [0.2, 0.25) is 0 Å². The molecule has 1 rings (SSSR count). The van der Waals surface area contributed by atoms with Crippen LogP contribution in [0.5, 0.6) is 0 Å². The summed E-state index contributed by atoms with van der Waals surface area (Å²) < 4.78 is 15.8. The Morgan fingerprint density at radius 2 is 2.05 bits per heavy atom. The van der Waals surface area contributed by atoms with E-state index in [0.717, 1.165) is 13.0 Å². The summed E-state index contributed by atoms with van der Waals surface area (Å²) in [6.45, 7) is 8.94. The van der Waals surface area contributed by atoms with Crippen molar-refractivity contribution in [3.63, 3.8) is 0 Å². The number of Topliss-reactive ketones (excluding diaryl/α,β-unsaturated/α-hetero) is 1. The lowest BCUT2D eigenvalue weighted by atomic mass is 10.1. The van der Waals surface area contributed by atoms with Crippen LogP contribution in [0.2, 0.25) is 0 Å². The van der Waals surface area contributed by atoms with E-state index in [0.29, 0.717) is 19.1 Å². The Labute approximate surface area is 114 Å². The Bertz CT molecular complexity index is 312. The van der Waals surface area contributed by atoms with E-state index in [1.54, 1.807) is 27.7 Å². The van der Waals surface area contributed by atoms with Gasteiger partial charge in [-0.15, -0.1) is 0 Å². The normalized spacial score (nSPS) is 21.2. The molecule has 0 N–H and O–H groups in total. The first-order chi connectivity index (χ1) is 8.78. The van der Waals surface area contributed by atoms with Crippen molar-refractivity contribution in [2.75, 3.05) is 19.8 Å². The molecule has 19 heavy (non-hydrogen) atoms. The Kier molecular flexibility index (Phi) is 5.94. The molecular weight excluding hydrogens is 248 g/mol. The number of ether oxygens (including phenoxy) is 3. The van der Waals surface area contributed by atoms with Crippen molar-refractivity contribution in [1.82, 2.24) is 0 Å². The smallest absolute Gasteiger partial charge is 0.313 e. The van der Waals surface area contributed by atoms with Crippen LogP contribution >= 0.6 is 0 Å². The van der Waals surface area contributed by atoms with Gasteiger partial charge in [-0.3, -0.25) is 9.59 Å². The number of ketones is 1. The van der Waals surface area contributed by atoms with Crippen molar-refractivity contribution >= 4 is 11.8 Å². The molecule has 0 aromatic heterocycles. The van der Waals surface area contributed by atoms with Crippen LogP contribution in [0.1, 0.15) is 40.5 Å². The van der Waals surface area contributed by atoms with Crippen LogP contribution in [0.3, 0.4) is 0 Å². The van der Waals surface area contributed by atoms with Gasteiger partial charge in [-0.2, -0.15) is 0 Å². The maximum atomic E-state index is 11.8. The molecule has 0 bridgehead atoms. The second-order valence-electron chi connectivity index (χ2n) is 5.93. The zero-order valence-electron chi connectivity index (χ0n) is 12.2. The van der Waals surface area contributed by atoms with Crippen LogP contribution < -0.4 is 0 Å². The number of hydrogen-bond donors (Lipinski definition) is 0. The van der Waals surface area contributed by atoms with Gasteiger partial charge in [0.05, 0.1) is 13.2 Å². The first-order valence-corrected chi connectivity index (χ1v) is 6.72. The lowest BCUT2D eigenvalue weighted by Crippen LogP contribution is -2.30. The quantitative estimate of drug-likeness (QED) is 0.544. The van der Waals surface area contributed by atoms with Crippen LogP contribution in [-0.2, 0) is 23.8 Å². The molecule has 2 atom stereocenters. The third kappa shape index (κ3) is 6.68. The van der Waals surface area contributed by atoms with Gasteiger partial charge in [0.25, 0.3) is 0 Å². The topological polar surface area (TPSA) is 61.8 Å². The monoisotopic (exact) mass is 272 g/mol. The Morgan fingerprint density at radius 1 is 1.37 bits per heavy atom. The van der Waals surface area contributed by atoms with Crippen LogP contribution in [0.25, 0.3) is 0 Å². The average Bonchev–Trinajstić information content (AvgIpc) is 2.75.